The highest BCUT2D eigenvalue weighted by Gasteiger charge is 2.18. The summed E-state index contributed by atoms with van der Waals surface area (Å²) in [5.74, 6) is 0. The molecule has 0 fully saturated rings. The van der Waals surface area contributed by atoms with Gasteiger partial charge < -0.3 is 5.11 Å². The Morgan fingerprint density at radius 2 is 1.20 bits per heavy atom. The van der Waals surface area contributed by atoms with E-state index in [-0.39, 0.29) is 4.92 Å². The fraction of sp³-hybridized carbons (Fsp3) is 0.950. The molecule has 25 heavy (non-hydrogen) atoms. The SMILES string of the molecule is CCCCCCCCCCCC(CCCCCCC(O)[C]=O)[N+](=O)[O-]. The van der Waals surface area contributed by atoms with Gasteiger partial charge in [0.15, 0.2) is 0 Å². The zero-order chi connectivity index (χ0) is 18.8. The van der Waals surface area contributed by atoms with Crippen LogP contribution in [0.1, 0.15) is 110 Å². The van der Waals surface area contributed by atoms with Crippen molar-refractivity contribution in [2.24, 2.45) is 0 Å². The van der Waals surface area contributed by atoms with Gasteiger partial charge in [0.05, 0.1) is 0 Å². The van der Waals surface area contributed by atoms with E-state index >= 15 is 0 Å². The smallest absolute Gasteiger partial charge is 0.229 e. The summed E-state index contributed by atoms with van der Waals surface area (Å²) >= 11 is 0. The summed E-state index contributed by atoms with van der Waals surface area (Å²) in [6.45, 7) is 2.22. The molecule has 2 atom stereocenters. The van der Waals surface area contributed by atoms with Crippen LogP contribution in [0, 0.1) is 10.1 Å². The maximum Gasteiger partial charge on any atom is 0.229 e. The standard InChI is InChI=1S/C20H38NO4/c1-2-3-4-5-6-7-8-9-12-15-19(21(24)25)16-13-10-11-14-17-20(23)18-22/h19-20,23H,2-17H2,1H3. The molecule has 0 aliphatic carbocycles. The number of nitrogens with zero attached hydrogens (tertiary/aromatic N) is 1. The number of aliphatic hydroxyl groups is 1. The van der Waals surface area contributed by atoms with Crippen molar-refractivity contribution in [3.63, 3.8) is 0 Å². The molecule has 0 spiro atoms. The second-order valence-corrected chi connectivity index (χ2v) is 7.18. The van der Waals surface area contributed by atoms with Crippen LogP contribution in [0.4, 0.5) is 0 Å². The van der Waals surface area contributed by atoms with E-state index in [2.05, 4.69) is 6.92 Å². The van der Waals surface area contributed by atoms with Gasteiger partial charge >= 0.3 is 0 Å². The van der Waals surface area contributed by atoms with Crippen LogP contribution < -0.4 is 0 Å². The Bertz CT molecular complexity index is 323. The van der Waals surface area contributed by atoms with Crippen molar-refractivity contribution in [2.75, 3.05) is 0 Å². The van der Waals surface area contributed by atoms with E-state index in [9.17, 15) is 14.9 Å². The van der Waals surface area contributed by atoms with Crippen molar-refractivity contribution in [1.82, 2.24) is 0 Å². The lowest BCUT2D eigenvalue weighted by Gasteiger charge is -2.09. The molecular weight excluding hydrogens is 318 g/mol. The first-order valence-electron chi connectivity index (χ1n) is 10.3. The van der Waals surface area contributed by atoms with Crippen LogP contribution in [0.25, 0.3) is 0 Å². The molecule has 147 valence electrons. The van der Waals surface area contributed by atoms with Gasteiger partial charge in [0.1, 0.15) is 6.10 Å². The number of aliphatic hydroxyl groups excluding tert-OH is 1. The molecule has 0 saturated heterocycles. The average Bonchev–Trinajstić information content (AvgIpc) is 2.60. The number of hydrogen-bond acceptors (Lipinski definition) is 4. The molecule has 5 heteroatoms. The molecule has 1 N–H and O–H groups in total. The largest absolute Gasteiger partial charge is 0.385 e. The number of hydrogen-bond donors (Lipinski definition) is 1. The topological polar surface area (TPSA) is 80.4 Å². The van der Waals surface area contributed by atoms with Gasteiger partial charge in [-0.2, -0.15) is 0 Å². The highest BCUT2D eigenvalue weighted by Crippen LogP contribution is 2.16. The molecule has 0 aromatic rings. The summed E-state index contributed by atoms with van der Waals surface area (Å²) < 4.78 is 0. The van der Waals surface area contributed by atoms with E-state index in [4.69, 9.17) is 5.11 Å². The van der Waals surface area contributed by atoms with Gasteiger partial charge in [0.25, 0.3) is 0 Å². The lowest BCUT2D eigenvalue weighted by molar-refractivity contribution is -0.524. The van der Waals surface area contributed by atoms with Crippen LogP contribution in [0.15, 0.2) is 0 Å². The monoisotopic (exact) mass is 356 g/mol. The van der Waals surface area contributed by atoms with E-state index in [1.54, 1.807) is 6.29 Å². The first-order chi connectivity index (χ1) is 12.1. The Morgan fingerprint density at radius 3 is 1.60 bits per heavy atom. The predicted molar refractivity (Wildman–Crippen MR) is 102 cm³/mol. The molecule has 0 saturated carbocycles. The molecule has 0 heterocycles. The molecule has 1 radical (unpaired) electrons. The molecule has 5 nitrogen and oxygen atoms in total. The Balaban J connectivity index is 3.55. The summed E-state index contributed by atoms with van der Waals surface area (Å²) in [5, 5.41) is 20.2. The fourth-order valence-corrected chi connectivity index (χ4v) is 3.18. The summed E-state index contributed by atoms with van der Waals surface area (Å²) in [6.07, 6.45) is 16.9. The van der Waals surface area contributed by atoms with E-state index in [0.29, 0.717) is 19.3 Å². The van der Waals surface area contributed by atoms with Gasteiger partial charge in [-0.1, -0.05) is 77.6 Å². The van der Waals surface area contributed by atoms with Gasteiger partial charge in [-0.25, -0.2) is 0 Å². The minimum Gasteiger partial charge on any atom is -0.385 e. The van der Waals surface area contributed by atoms with Gasteiger partial charge in [-0.15, -0.1) is 0 Å². The Kier molecular flexibility index (Phi) is 17.1. The van der Waals surface area contributed by atoms with Crippen LogP contribution >= 0.6 is 0 Å². The second-order valence-electron chi connectivity index (χ2n) is 7.18. The molecular formula is C20H38NO4. The summed E-state index contributed by atoms with van der Waals surface area (Å²) in [5.41, 5.74) is 0. The van der Waals surface area contributed by atoms with Crippen LogP contribution in [0.2, 0.25) is 0 Å². The van der Waals surface area contributed by atoms with Gasteiger partial charge in [0, 0.05) is 17.8 Å². The van der Waals surface area contributed by atoms with Crippen molar-refractivity contribution in [2.45, 2.75) is 122 Å². The molecule has 0 aromatic carbocycles. The third kappa shape index (κ3) is 16.3. The number of nitro groups is 1. The Morgan fingerprint density at radius 1 is 0.800 bits per heavy atom. The second kappa shape index (κ2) is 17.8. The molecule has 2 unspecified atom stereocenters. The maximum atomic E-state index is 11.1. The Labute approximate surface area is 153 Å². The van der Waals surface area contributed by atoms with E-state index in [0.717, 1.165) is 38.5 Å². The minimum atomic E-state index is -0.974. The minimum absolute atomic E-state index is 0.115. The number of unbranched alkanes of at least 4 members (excludes halogenated alkanes) is 11. The first kappa shape index (κ1) is 24.0. The fourth-order valence-electron chi connectivity index (χ4n) is 3.18. The third-order valence-electron chi connectivity index (χ3n) is 4.84. The van der Waals surface area contributed by atoms with Crippen molar-refractivity contribution >= 4 is 6.29 Å². The van der Waals surface area contributed by atoms with Crippen molar-refractivity contribution in [1.29, 1.82) is 0 Å². The number of carbonyl (C=O) groups excluding carboxylic acids is 1. The van der Waals surface area contributed by atoms with Gasteiger partial charge in [-0.05, 0) is 19.3 Å². The maximum absolute atomic E-state index is 11.1. The van der Waals surface area contributed by atoms with E-state index in [1.165, 1.54) is 44.9 Å². The van der Waals surface area contributed by atoms with Crippen LogP contribution in [0.3, 0.4) is 0 Å². The highest BCUT2D eigenvalue weighted by molar-refractivity contribution is 5.56. The summed E-state index contributed by atoms with van der Waals surface area (Å²) in [4.78, 5) is 21.2. The summed E-state index contributed by atoms with van der Waals surface area (Å²) in [6, 6.07) is -0.404. The van der Waals surface area contributed by atoms with Crippen LogP contribution in [-0.2, 0) is 4.79 Å². The van der Waals surface area contributed by atoms with Crippen LogP contribution in [0.5, 0.6) is 0 Å². The number of rotatable bonds is 19. The summed E-state index contributed by atoms with van der Waals surface area (Å²) in [7, 11) is 0. The predicted octanol–water partition coefficient (Wildman–Crippen LogP) is 5.36. The molecule has 0 rings (SSSR count). The van der Waals surface area contributed by atoms with Crippen LogP contribution in [-0.4, -0.2) is 28.5 Å². The van der Waals surface area contributed by atoms with Crippen molar-refractivity contribution in [3.8, 4) is 0 Å². The lowest BCUT2D eigenvalue weighted by Crippen LogP contribution is -2.19. The zero-order valence-corrected chi connectivity index (χ0v) is 16.1. The average molecular weight is 357 g/mol. The van der Waals surface area contributed by atoms with Crippen molar-refractivity contribution in [3.05, 3.63) is 10.1 Å². The quantitative estimate of drug-likeness (QED) is 0.192. The molecule has 0 aliphatic rings. The van der Waals surface area contributed by atoms with E-state index < -0.39 is 12.1 Å². The Hall–Kier alpha value is -0.970. The van der Waals surface area contributed by atoms with Crippen molar-refractivity contribution < 1.29 is 14.8 Å². The van der Waals surface area contributed by atoms with Gasteiger partial charge in [-0.3, -0.25) is 14.9 Å². The van der Waals surface area contributed by atoms with E-state index in [1.807, 2.05) is 0 Å². The molecule has 0 aromatic heterocycles. The van der Waals surface area contributed by atoms with Gasteiger partial charge in [0.2, 0.25) is 12.3 Å². The highest BCUT2D eigenvalue weighted by atomic mass is 16.6. The normalized spacial score (nSPS) is 13.5. The first-order valence-corrected chi connectivity index (χ1v) is 10.3. The zero-order valence-electron chi connectivity index (χ0n) is 16.1. The molecule has 0 aliphatic heterocycles. The third-order valence-corrected chi connectivity index (χ3v) is 4.84. The lowest BCUT2D eigenvalue weighted by atomic mass is 10.00. The molecule has 0 bridgehead atoms. The molecule has 0 amide bonds.